The maximum atomic E-state index is 5.80. The molecule has 1 aromatic carbocycles. The van der Waals surface area contributed by atoms with Crippen molar-refractivity contribution >= 4 is 18.3 Å². The van der Waals surface area contributed by atoms with Crippen molar-refractivity contribution in [3.63, 3.8) is 0 Å². The van der Waals surface area contributed by atoms with E-state index in [9.17, 15) is 0 Å². The maximum Gasteiger partial charge on any atom is 0.141 e. The molecule has 0 bridgehead atoms. The van der Waals surface area contributed by atoms with Gasteiger partial charge in [0.25, 0.3) is 0 Å². The van der Waals surface area contributed by atoms with Gasteiger partial charge in [-0.25, -0.2) is 0 Å². The molecule has 64 valence electrons. The Morgan fingerprint density at radius 2 is 1.67 bits per heavy atom. The molecule has 2 heteroatoms. The third-order valence-corrected chi connectivity index (χ3v) is 2.65. The van der Waals surface area contributed by atoms with Gasteiger partial charge >= 0.3 is 0 Å². The van der Waals surface area contributed by atoms with Crippen LogP contribution in [0.15, 0.2) is 24.3 Å². The molecule has 0 unspecified atom stereocenters. The molecule has 1 rings (SSSR count). The van der Waals surface area contributed by atoms with Crippen LogP contribution in [-0.4, -0.2) is 6.71 Å². The predicted molar refractivity (Wildman–Crippen MR) is 57.3 cm³/mol. The molecule has 0 saturated carbocycles. The lowest BCUT2D eigenvalue weighted by molar-refractivity contribution is 1.05. The summed E-state index contributed by atoms with van der Waals surface area (Å²) in [6.45, 7) is 7.40. The first-order valence-electron chi connectivity index (χ1n) is 4.36. The Morgan fingerprint density at radius 1 is 1.17 bits per heavy atom. The Hall–Kier alpha value is -0.425. The van der Waals surface area contributed by atoms with E-state index < -0.39 is 0 Å². The zero-order valence-electron chi connectivity index (χ0n) is 7.84. The summed E-state index contributed by atoms with van der Waals surface area (Å²) in [6, 6.07) is 8.12. The second-order valence-electron chi connectivity index (χ2n) is 3.58. The summed E-state index contributed by atoms with van der Waals surface area (Å²) in [7, 11) is 0. The fourth-order valence-corrected chi connectivity index (χ4v) is 1.28. The van der Waals surface area contributed by atoms with Crippen LogP contribution < -0.4 is 0 Å². The van der Waals surface area contributed by atoms with Crippen LogP contribution in [0, 0.1) is 0 Å². The molecule has 0 saturated heterocycles. The normalized spacial score (nSPS) is 12.7. The second kappa shape index (κ2) is 4.00. The lowest BCUT2D eigenvalue weighted by atomic mass is 9.44. The highest BCUT2D eigenvalue weighted by Crippen LogP contribution is 2.20. The van der Waals surface area contributed by atoms with Crippen molar-refractivity contribution in [3.8, 4) is 0 Å². The summed E-state index contributed by atoms with van der Waals surface area (Å²) in [6.07, 6.45) is 0. The van der Waals surface area contributed by atoms with E-state index >= 15 is 0 Å². The minimum absolute atomic E-state index is 0.613. The molecule has 0 aliphatic rings. The number of hydrogen-bond acceptors (Lipinski definition) is 0. The van der Waals surface area contributed by atoms with E-state index in [1.54, 1.807) is 0 Å². The molecule has 0 aromatic heterocycles. The zero-order chi connectivity index (χ0) is 9.14. The number of hydrogen-bond donors (Lipinski definition) is 0. The summed E-state index contributed by atoms with van der Waals surface area (Å²) in [5.41, 5.74) is 1.37. The third-order valence-electron chi connectivity index (χ3n) is 2.40. The molecule has 0 spiro atoms. The van der Waals surface area contributed by atoms with Crippen LogP contribution >= 0.6 is 11.6 Å². The lowest BCUT2D eigenvalue weighted by Gasteiger charge is -2.13. The Bertz CT molecular complexity index is 241. The topological polar surface area (TPSA) is 0 Å². The van der Waals surface area contributed by atoms with Crippen molar-refractivity contribution in [2.24, 2.45) is 0 Å². The molecule has 0 aliphatic heterocycles. The van der Waals surface area contributed by atoms with Crippen molar-refractivity contribution in [1.82, 2.24) is 0 Å². The molecule has 0 amide bonds. The van der Waals surface area contributed by atoms with E-state index in [1.807, 2.05) is 12.1 Å². The molecule has 0 nitrogen and oxygen atoms in total. The SMILES string of the molecule is CB(C)[C@@H](C)c1ccc(Cl)cc1. The monoisotopic (exact) mass is 180 g/mol. The molecule has 1 atom stereocenters. The highest BCUT2D eigenvalue weighted by Gasteiger charge is 2.11. The fraction of sp³-hybridized carbons (Fsp3) is 0.400. The molecule has 1 aromatic rings. The van der Waals surface area contributed by atoms with E-state index in [0.717, 1.165) is 5.02 Å². The van der Waals surface area contributed by atoms with Crippen LogP contribution in [0.3, 0.4) is 0 Å². The van der Waals surface area contributed by atoms with Gasteiger partial charge in [-0.2, -0.15) is 0 Å². The zero-order valence-corrected chi connectivity index (χ0v) is 8.60. The van der Waals surface area contributed by atoms with E-state index in [-0.39, 0.29) is 0 Å². The van der Waals surface area contributed by atoms with Gasteiger partial charge in [0.1, 0.15) is 6.71 Å². The molecule has 0 N–H and O–H groups in total. The van der Waals surface area contributed by atoms with Crippen molar-refractivity contribution in [1.29, 1.82) is 0 Å². The molecular weight excluding hydrogens is 166 g/mol. The number of benzene rings is 1. The summed E-state index contributed by atoms with van der Waals surface area (Å²) in [5, 5.41) is 0.815. The van der Waals surface area contributed by atoms with Crippen LogP contribution in [0.1, 0.15) is 18.3 Å². The van der Waals surface area contributed by atoms with Gasteiger partial charge in [0, 0.05) is 5.02 Å². The average Bonchev–Trinajstić information content (AvgIpc) is 2.04. The standard InChI is InChI=1S/C10H14BCl/c1-8(11(2)3)9-4-6-10(12)7-5-9/h4-8H,1-3H3/t8-/m0/s1. The average molecular weight is 180 g/mol. The summed E-state index contributed by atoms with van der Waals surface area (Å²) < 4.78 is 0. The maximum absolute atomic E-state index is 5.80. The first-order chi connectivity index (χ1) is 5.61. The highest BCUT2D eigenvalue weighted by molar-refractivity contribution is 6.57. The quantitative estimate of drug-likeness (QED) is 0.608. The van der Waals surface area contributed by atoms with Gasteiger partial charge < -0.3 is 0 Å². The van der Waals surface area contributed by atoms with Crippen LogP contribution in [-0.2, 0) is 0 Å². The fourth-order valence-electron chi connectivity index (χ4n) is 1.15. The molecular formula is C10H14BCl. The number of rotatable bonds is 2. The van der Waals surface area contributed by atoms with Gasteiger partial charge in [-0.1, -0.05) is 49.9 Å². The molecule has 0 aliphatic carbocycles. The Labute approximate surface area is 80.0 Å². The van der Waals surface area contributed by atoms with Crippen molar-refractivity contribution < 1.29 is 0 Å². The summed E-state index contributed by atoms with van der Waals surface area (Å²) in [5.74, 6) is 0.613. The smallest absolute Gasteiger partial charge is 0.0858 e. The van der Waals surface area contributed by atoms with E-state index in [1.165, 1.54) is 5.56 Å². The third kappa shape index (κ3) is 2.28. The molecule has 12 heavy (non-hydrogen) atoms. The van der Waals surface area contributed by atoms with Gasteiger partial charge in [-0.15, -0.1) is 0 Å². The first-order valence-corrected chi connectivity index (χ1v) is 4.74. The minimum atomic E-state index is 0.613. The Morgan fingerprint density at radius 3 is 2.08 bits per heavy atom. The first kappa shape index (κ1) is 9.66. The Balaban J connectivity index is 2.82. The summed E-state index contributed by atoms with van der Waals surface area (Å²) >= 11 is 5.80. The molecule has 0 heterocycles. The van der Waals surface area contributed by atoms with Crippen LogP contribution in [0.25, 0.3) is 0 Å². The van der Waals surface area contributed by atoms with Gasteiger partial charge in [0.2, 0.25) is 0 Å². The van der Waals surface area contributed by atoms with E-state index in [4.69, 9.17) is 11.6 Å². The van der Waals surface area contributed by atoms with E-state index in [2.05, 4.69) is 32.7 Å². The molecule has 0 fully saturated rings. The van der Waals surface area contributed by atoms with Crippen LogP contribution in [0.4, 0.5) is 0 Å². The van der Waals surface area contributed by atoms with Gasteiger partial charge in [0.05, 0.1) is 0 Å². The largest absolute Gasteiger partial charge is 0.141 e. The van der Waals surface area contributed by atoms with E-state index in [0.29, 0.717) is 12.5 Å². The summed E-state index contributed by atoms with van der Waals surface area (Å²) in [4.78, 5) is 0. The predicted octanol–water partition coefficient (Wildman–Crippen LogP) is 3.74. The van der Waals surface area contributed by atoms with Crippen LogP contribution in [0.2, 0.25) is 18.7 Å². The van der Waals surface area contributed by atoms with Crippen LogP contribution in [0.5, 0.6) is 0 Å². The number of halogens is 1. The lowest BCUT2D eigenvalue weighted by Crippen LogP contribution is -2.11. The highest BCUT2D eigenvalue weighted by atomic mass is 35.5. The van der Waals surface area contributed by atoms with Crippen molar-refractivity contribution in [2.45, 2.75) is 26.4 Å². The minimum Gasteiger partial charge on any atom is -0.0858 e. The van der Waals surface area contributed by atoms with Gasteiger partial charge in [0.15, 0.2) is 0 Å². The Kier molecular flexibility index (Phi) is 3.22. The van der Waals surface area contributed by atoms with Gasteiger partial charge in [-0.3, -0.25) is 0 Å². The molecule has 0 radical (unpaired) electrons. The van der Waals surface area contributed by atoms with Crippen molar-refractivity contribution in [2.75, 3.05) is 0 Å². The van der Waals surface area contributed by atoms with Crippen molar-refractivity contribution in [3.05, 3.63) is 34.9 Å². The van der Waals surface area contributed by atoms with Gasteiger partial charge in [-0.05, 0) is 17.9 Å². The second-order valence-corrected chi connectivity index (χ2v) is 4.02.